The van der Waals surface area contributed by atoms with Crippen molar-refractivity contribution in [2.45, 2.75) is 58.2 Å². The van der Waals surface area contributed by atoms with Crippen molar-refractivity contribution in [3.05, 3.63) is 30.1 Å². The summed E-state index contributed by atoms with van der Waals surface area (Å²) in [5.74, 6) is -0.114. The van der Waals surface area contributed by atoms with Crippen LogP contribution < -0.4 is 5.32 Å². The van der Waals surface area contributed by atoms with E-state index in [1.807, 2.05) is 32.9 Å². The Morgan fingerprint density at radius 2 is 2.22 bits per heavy atom. The topological polar surface area (TPSA) is 71.5 Å². The molecule has 1 N–H and O–H groups in total. The van der Waals surface area contributed by atoms with E-state index in [0.29, 0.717) is 19.5 Å². The summed E-state index contributed by atoms with van der Waals surface area (Å²) in [5.41, 5.74) is 0.265. The molecule has 23 heavy (non-hydrogen) atoms. The van der Waals surface area contributed by atoms with Gasteiger partial charge in [0.15, 0.2) is 0 Å². The Bertz CT molecular complexity index is 540. The summed E-state index contributed by atoms with van der Waals surface area (Å²) in [6, 6.07) is 3.20. The zero-order valence-corrected chi connectivity index (χ0v) is 14.0. The maximum Gasteiger partial charge on any atom is 0.411 e. The predicted octanol–water partition coefficient (Wildman–Crippen LogP) is 2.49. The molecule has 0 spiro atoms. The highest BCUT2D eigenvalue weighted by molar-refractivity contribution is 5.85. The lowest BCUT2D eigenvalue weighted by molar-refractivity contribution is -0.126. The standard InChI is InChI=1S/C17H25N3O3/c1-17(2,3)23-16(22)20(12-13-7-6-9-18-11-13)14-8-4-5-10-19-15(14)21/h6-7,9,11,14H,4-5,8,10,12H2,1-3H3,(H,19,21)/t14-/m0/s1. The van der Waals surface area contributed by atoms with Crippen LogP contribution in [0.4, 0.5) is 4.79 Å². The molecule has 0 aliphatic carbocycles. The molecule has 1 fully saturated rings. The van der Waals surface area contributed by atoms with Gasteiger partial charge in [-0.25, -0.2) is 4.79 Å². The third kappa shape index (κ3) is 5.23. The maximum absolute atomic E-state index is 12.6. The van der Waals surface area contributed by atoms with E-state index in [1.165, 1.54) is 4.90 Å². The van der Waals surface area contributed by atoms with Crippen molar-refractivity contribution >= 4 is 12.0 Å². The average molecular weight is 319 g/mol. The third-order valence-corrected chi connectivity index (χ3v) is 3.59. The molecular weight excluding hydrogens is 294 g/mol. The first-order valence-corrected chi connectivity index (χ1v) is 8.03. The molecule has 0 bridgehead atoms. The fourth-order valence-corrected chi connectivity index (χ4v) is 2.53. The molecule has 1 saturated heterocycles. The van der Waals surface area contributed by atoms with Crippen LogP contribution in [0.1, 0.15) is 45.6 Å². The summed E-state index contributed by atoms with van der Waals surface area (Å²) in [4.78, 5) is 30.6. The van der Waals surface area contributed by atoms with Crippen molar-refractivity contribution in [2.75, 3.05) is 6.54 Å². The number of rotatable bonds is 3. The number of carbonyl (C=O) groups excluding carboxylic acids is 2. The summed E-state index contributed by atoms with van der Waals surface area (Å²) in [7, 11) is 0. The molecule has 1 atom stereocenters. The second-order valence-electron chi connectivity index (χ2n) is 6.77. The fraction of sp³-hybridized carbons (Fsp3) is 0.588. The van der Waals surface area contributed by atoms with Gasteiger partial charge in [-0.1, -0.05) is 6.07 Å². The normalized spacial score (nSPS) is 18.7. The zero-order valence-electron chi connectivity index (χ0n) is 14.0. The summed E-state index contributed by atoms with van der Waals surface area (Å²) < 4.78 is 5.50. The van der Waals surface area contributed by atoms with Gasteiger partial charge >= 0.3 is 6.09 Å². The molecule has 0 radical (unpaired) electrons. The van der Waals surface area contributed by atoms with Gasteiger partial charge in [0, 0.05) is 18.9 Å². The molecule has 0 saturated carbocycles. The second-order valence-corrected chi connectivity index (χ2v) is 6.77. The summed E-state index contributed by atoms with van der Waals surface area (Å²) in [6.45, 7) is 6.42. The van der Waals surface area contributed by atoms with Crippen molar-refractivity contribution in [1.82, 2.24) is 15.2 Å². The molecule has 2 amide bonds. The van der Waals surface area contributed by atoms with Gasteiger partial charge in [0.05, 0.1) is 6.54 Å². The number of aromatic nitrogens is 1. The van der Waals surface area contributed by atoms with Crippen molar-refractivity contribution in [3.8, 4) is 0 Å². The zero-order chi connectivity index (χ0) is 16.9. The van der Waals surface area contributed by atoms with Crippen molar-refractivity contribution in [2.24, 2.45) is 0 Å². The monoisotopic (exact) mass is 319 g/mol. The molecule has 1 aromatic heterocycles. The Hall–Kier alpha value is -2.11. The van der Waals surface area contributed by atoms with Gasteiger partial charge in [0.1, 0.15) is 11.6 Å². The van der Waals surface area contributed by atoms with Crippen molar-refractivity contribution in [3.63, 3.8) is 0 Å². The van der Waals surface area contributed by atoms with Gasteiger partial charge in [-0.3, -0.25) is 14.7 Å². The van der Waals surface area contributed by atoms with Crippen LogP contribution in [-0.4, -0.2) is 40.1 Å². The molecular formula is C17H25N3O3. The SMILES string of the molecule is CC(C)(C)OC(=O)N(Cc1cccnc1)[C@H]1CCCCNC1=O. The van der Waals surface area contributed by atoms with Gasteiger partial charge in [-0.05, 0) is 51.7 Å². The number of nitrogens with one attached hydrogen (secondary N) is 1. The van der Waals surface area contributed by atoms with E-state index in [-0.39, 0.29) is 5.91 Å². The molecule has 0 unspecified atom stereocenters. The highest BCUT2D eigenvalue weighted by Gasteiger charge is 2.33. The first-order chi connectivity index (χ1) is 10.9. The molecule has 1 aliphatic rings. The highest BCUT2D eigenvalue weighted by atomic mass is 16.6. The molecule has 6 nitrogen and oxygen atoms in total. The lowest BCUT2D eigenvalue weighted by atomic mass is 10.1. The first-order valence-electron chi connectivity index (χ1n) is 8.03. The molecule has 1 aromatic rings. The summed E-state index contributed by atoms with van der Waals surface area (Å²) in [5, 5.41) is 2.87. The Morgan fingerprint density at radius 1 is 1.43 bits per heavy atom. The number of nitrogens with zero attached hydrogens (tertiary/aromatic N) is 2. The van der Waals surface area contributed by atoms with Crippen LogP contribution in [0, 0.1) is 0 Å². The van der Waals surface area contributed by atoms with E-state index in [9.17, 15) is 9.59 Å². The molecule has 1 aliphatic heterocycles. The number of carbonyl (C=O) groups is 2. The first kappa shape index (κ1) is 17.2. The van der Waals surface area contributed by atoms with Gasteiger partial charge in [0.2, 0.25) is 5.91 Å². The second kappa shape index (κ2) is 7.44. The fourth-order valence-electron chi connectivity index (χ4n) is 2.53. The lowest BCUT2D eigenvalue weighted by Gasteiger charge is -2.32. The Labute approximate surface area is 137 Å². The Morgan fingerprint density at radius 3 is 2.87 bits per heavy atom. The number of hydrogen-bond acceptors (Lipinski definition) is 4. The Balaban J connectivity index is 2.22. The van der Waals surface area contributed by atoms with Crippen LogP contribution in [0.25, 0.3) is 0 Å². The van der Waals surface area contributed by atoms with Gasteiger partial charge in [-0.2, -0.15) is 0 Å². The van der Waals surface area contributed by atoms with Gasteiger partial charge in [0.25, 0.3) is 0 Å². The van der Waals surface area contributed by atoms with Gasteiger partial charge < -0.3 is 10.1 Å². The van der Waals surface area contributed by atoms with E-state index in [4.69, 9.17) is 4.74 Å². The van der Waals surface area contributed by atoms with Gasteiger partial charge in [-0.15, -0.1) is 0 Å². The van der Waals surface area contributed by atoms with Crippen LogP contribution in [0.15, 0.2) is 24.5 Å². The number of amides is 2. The van der Waals surface area contributed by atoms with Crippen LogP contribution >= 0.6 is 0 Å². The molecule has 2 heterocycles. The van der Waals surface area contributed by atoms with Crippen molar-refractivity contribution < 1.29 is 14.3 Å². The minimum absolute atomic E-state index is 0.114. The highest BCUT2D eigenvalue weighted by Crippen LogP contribution is 2.19. The number of pyridine rings is 1. The van der Waals surface area contributed by atoms with E-state index < -0.39 is 17.7 Å². The van der Waals surface area contributed by atoms with E-state index in [0.717, 1.165) is 18.4 Å². The Kier molecular flexibility index (Phi) is 5.58. The average Bonchev–Trinajstić information content (AvgIpc) is 2.69. The van der Waals surface area contributed by atoms with Crippen LogP contribution in [0.2, 0.25) is 0 Å². The quantitative estimate of drug-likeness (QED) is 0.929. The van der Waals surface area contributed by atoms with E-state index in [1.54, 1.807) is 12.4 Å². The molecule has 0 aromatic carbocycles. The van der Waals surface area contributed by atoms with Crippen LogP contribution in [0.5, 0.6) is 0 Å². The predicted molar refractivity (Wildman–Crippen MR) is 86.7 cm³/mol. The van der Waals surface area contributed by atoms with Crippen LogP contribution in [0.3, 0.4) is 0 Å². The molecule has 6 heteroatoms. The summed E-state index contributed by atoms with van der Waals surface area (Å²) in [6.07, 6.45) is 5.38. The van der Waals surface area contributed by atoms with E-state index >= 15 is 0 Å². The minimum Gasteiger partial charge on any atom is -0.444 e. The number of hydrogen-bond donors (Lipinski definition) is 1. The maximum atomic E-state index is 12.6. The van der Waals surface area contributed by atoms with Crippen LogP contribution in [-0.2, 0) is 16.1 Å². The lowest BCUT2D eigenvalue weighted by Crippen LogP contribution is -2.49. The summed E-state index contributed by atoms with van der Waals surface area (Å²) >= 11 is 0. The van der Waals surface area contributed by atoms with Crippen molar-refractivity contribution in [1.29, 1.82) is 0 Å². The van der Waals surface area contributed by atoms with E-state index in [2.05, 4.69) is 10.3 Å². The minimum atomic E-state index is -0.606. The third-order valence-electron chi connectivity index (χ3n) is 3.59. The largest absolute Gasteiger partial charge is 0.444 e. The number of ether oxygens (including phenoxy) is 1. The molecule has 126 valence electrons. The smallest absolute Gasteiger partial charge is 0.411 e. The molecule has 2 rings (SSSR count).